The van der Waals surface area contributed by atoms with Crippen LogP contribution in [0, 0.1) is 6.92 Å². The van der Waals surface area contributed by atoms with E-state index >= 15 is 0 Å². The molecule has 17 heavy (non-hydrogen) atoms. The largest absolute Gasteiger partial charge is 0.385 e. The van der Waals surface area contributed by atoms with Crippen LogP contribution >= 0.6 is 0 Å². The van der Waals surface area contributed by atoms with Crippen LogP contribution in [-0.4, -0.2) is 43.0 Å². The van der Waals surface area contributed by atoms with E-state index in [0.29, 0.717) is 0 Å². The molecule has 0 aliphatic heterocycles. The zero-order valence-corrected chi connectivity index (χ0v) is 11.2. The van der Waals surface area contributed by atoms with Gasteiger partial charge in [-0.05, 0) is 20.3 Å². The molecule has 0 aromatic carbocycles. The van der Waals surface area contributed by atoms with Gasteiger partial charge in [-0.1, -0.05) is 0 Å². The Balaban J connectivity index is 2.51. The van der Waals surface area contributed by atoms with Crippen molar-refractivity contribution in [2.75, 3.05) is 32.7 Å². The van der Waals surface area contributed by atoms with E-state index in [2.05, 4.69) is 21.1 Å². The number of hydrogen-bond acceptors (Lipinski definition) is 4. The lowest BCUT2D eigenvalue weighted by molar-refractivity contribution is 0.128. The normalized spacial score (nSPS) is 12.7. The molecule has 0 bridgehead atoms. The van der Waals surface area contributed by atoms with Crippen molar-refractivity contribution in [3.8, 4) is 0 Å². The summed E-state index contributed by atoms with van der Waals surface area (Å²) in [5.74, 6) is 0.905. The average molecular weight is 241 g/mol. The minimum atomic E-state index is 0.180. The maximum absolute atomic E-state index is 5.20. The van der Waals surface area contributed by atoms with Gasteiger partial charge in [0.25, 0.3) is 0 Å². The molecule has 1 unspecified atom stereocenters. The van der Waals surface area contributed by atoms with E-state index in [9.17, 15) is 0 Å². The molecule has 1 atom stereocenters. The Bertz CT molecular complexity index is 326. The minimum Gasteiger partial charge on any atom is -0.385 e. The Kier molecular flexibility index (Phi) is 6.00. The number of ether oxygens (including phenoxy) is 2. The van der Waals surface area contributed by atoms with Crippen molar-refractivity contribution in [1.82, 2.24) is 9.55 Å². The number of aryl methyl sites for hydroxylation is 2. The van der Waals surface area contributed by atoms with Crippen molar-refractivity contribution in [3.63, 3.8) is 0 Å². The van der Waals surface area contributed by atoms with Gasteiger partial charge < -0.3 is 19.4 Å². The standard InChI is InChI=1S/C12H23N3O2/c1-10-9-15(6-5-7-16-3)12(14-10)13-8-11(2)17-4/h9,11H,5-8H2,1-4H3,(H,13,14). The van der Waals surface area contributed by atoms with E-state index in [0.717, 1.165) is 37.8 Å². The van der Waals surface area contributed by atoms with E-state index in [4.69, 9.17) is 9.47 Å². The van der Waals surface area contributed by atoms with Crippen LogP contribution in [0.5, 0.6) is 0 Å². The molecule has 1 rings (SSSR count). The summed E-state index contributed by atoms with van der Waals surface area (Å²) >= 11 is 0. The van der Waals surface area contributed by atoms with Gasteiger partial charge in [0, 0.05) is 40.1 Å². The molecule has 0 radical (unpaired) electrons. The molecule has 0 aliphatic carbocycles. The van der Waals surface area contributed by atoms with E-state index in [-0.39, 0.29) is 6.10 Å². The van der Waals surface area contributed by atoms with Crippen LogP contribution in [0.15, 0.2) is 6.20 Å². The van der Waals surface area contributed by atoms with Gasteiger partial charge >= 0.3 is 0 Å². The molecular formula is C12H23N3O2. The first-order valence-electron chi connectivity index (χ1n) is 5.96. The molecule has 5 nitrogen and oxygen atoms in total. The first-order chi connectivity index (χ1) is 8.17. The Hall–Kier alpha value is -1.07. The topological polar surface area (TPSA) is 48.3 Å². The third-order valence-electron chi connectivity index (χ3n) is 2.59. The van der Waals surface area contributed by atoms with Crippen molar-refractivity contribution >= 4 is 5.95 Å². The SMILES string of the molecule is COCCCn1cc(C)nc1NCC(C)OC. The molecule has 0 saturated heterocycles. The van der Waals surface area contributed by atoms with Crippen molar-refractivity contribution in [2.45, 2.75) is 32.9 Å². The number of nitrogens with one attached hydrogen (secondary N) is 1. The van der Waals surface area contributed by atoms with Gasteiger partial charge in [-0.3, -0.25) is 0 Å². The highest BCUT2D eigenvalue weighted by atomic mass is 16.5. The van der Waals surface area contributed by atoms with Gasteiger partial charge in [0.15, 0.2) is 0 Å². The van der Waals surface area contributed by atoms with Gasteiger partial charge in [0.05, 0.1) is 11.8 Å². The third kappa shape index (κ3) is 4.75. The molecule has 1 aromatic rings. The predicted molar refractivity (Wildman–Crippen MR) is 68.4 cm³/mol. The number of rotatable bonds is 8. The highest BCUT2D eigenvalue weighted by molar-refractivity contribution is 5.28. The number of methoxy groups -OCH3 is 2. The molecule has 1 N–H and O–H groups in total. The van der Waals surface area contributed by atoms with Gasteiger partial charge in [0.2, 0.25) is 5.95 Å². The minimum absolute atomic E-state index is 0.180. The molecule has 0 spiro atoms. The number of hydrogen-bond donors (Lipinski definition) is 1. The van der Waals surface area contributed by atoms with Gasteiger partial charge in [0.1, 0.15) is 0 Å². The highest BCUT2D eigenvalue weighted by Gasteiger charge is 2.06. The lowest BCUT2D eigenvalue weighted by Gasteiger charge is -2.13. The Morgan fingerprint density at radius 2 is 2.24 bits per heavy atom. The summed E-state index contributed by atoms with van der Waals surface area (Å²) in [6.07, 6.45) is 3.22. The molecule has 0 fully saturated rings. The maximum atomic E-state index is 5.20. The number of anilines is 1. The first-order valence-corrected chi connectivity index (χ1v) is 5.96. The van der Waals surface area contributed by atoms with Crippen LogP contribution in [0.2, 0.25) is 0 Å². The third-order valence-corrected chi connectivity index (χ3v) is 2.59. The second kappa shape index (κ2) is 7.29. The first kappa shape index (κ1) is 14.0. The Morgan fingerprint density at radius 1 is 1.47 bits per heavy atom. The fraction of sp³-hybridized carbons (Fsp3) is 0.750. The van der Waals surface area contributed by atoms with Crippen molar-refractivity contribution in [3.05, 3.63) is 11.9 Å². The summed E-state index contributed by atoms with van der Waals surface area (Å²) in [5, 5.41) is 3.30. The molecule has 0 aliphatic rings. The molecule has 5 heteroatoms. The van der Waals surface area contributed by atoms with E-state index in [1.807, 2.05) is 13.8 Å². The maximum Gasteiger partial charge on any atom is 0.203 e. The number of imidazole rings is 1. The Morgan fingerprint density at radius 3 is 2.88 bits per heavy atom. The summed E-state index contributed by atoms with van der Waals surface area (Å²) in [7, 11) is 3.43. The molecular weight excluding hydrogens is 218 g/mol. The summed E-state index contributed by atoms with van der Waals surface area (Å²) < 4.78 is 12.4. The zero-order valence-electron chi connectivity index (χ0n) is 11.2. The molecule has 0 saturated carbocycles. The van der Waals surface area contributed by atoms with Crippen molar-refractivity contribution in [2.24, 2.45) is 0 Å². The summed E-state index contributed by atoms with van der Waals surface area (Å²) in [5.41, 5.74) is 1.02. The van der Waals surface area contributed by atoms with E-state index in [1.165, 1.54) is 0 Å². The number of nitrogens with zero attached hydrogens (tertiary/aromatic N) is 2. The van der Waals surface area contributed by atoms with Gasteiger partial charge in [-0.15, -0.1) is 0 Å². The Labute approximate surface area is 103 Å². The zero-order chi connectivity index (χ0) is 12.7. The average Bonchev–Trinajstić information content (AvgIpc) is 2.67. The smallest absolute Gasteiger partial charge is 0.203 e. The van der Waals surface area contributed by atoms with Crippen molar-refractivity contribution in [1.29, 1.82) is 0 Å². The summed E-state index contributed by atoms with van der Waals surface area (Å²) in [6, 6.07) is 0. The van der Waals surface area contributed by atoms with Gasteiger partial charge in [-0.25, -0.2) is 4.98 Å². The highest BCUT2D eigenvalue weighted by Crippen LogP contribution is 2.09. The van der Waals surface area contributed by atoms with Crippen LogP contribution in [0.25, 0.3) is 0 Å². The second-order valence-corrected chi connectivity index (χ2v) is 4.17. The van der Waals surface area contributed by atoms with Crippen LogP contribution in [0.3, 0.4) is 0 Å². The molecule has 1 aromatic heterocycles. The van der Waals surface area contributed by atoms with Crippen LogP contribution in [0.4, 0.5) is 5.95 Å². The van der Waals surface area contributed by atoms with Gasteiger partial charge in [-0.2, -0.15) is 0 Å². The lowest BCUT2D eigenvalue weighted by Crippen LogP contribution is -2.20. The summed E-state index contributed by atoms with van der Waals surface area (Å²) in [6.45, 7) is 6.47. The molecule has 1 heterocycles. The second-order valence-electron chi connectivity index (χ2n) is 4.17. The van der Waals surface area contributed by atoms with Crippen molar-refractivity contribution < 1.29 is 9.47 Å². The van der Waals surface area contributed by atoms with Crippen LogP contribution < -0.4 is 5.32 Å². The predicted octanol–water partition coefficient (Wildman–Crippen LogP) is 1.67. The van der Waals surface area contributed by atoms with Crippen LogP contribution in [-0.2, 0) is 16.0 Å². The van der Waals surface area contributed by atoms with E-state index < -0.39 is 0 Å². The van der Waals surface area contributed by atoms with E-state index in [1.54, 1.807) is 14.2 Å². The fourth-order valence-corrected chi connectivity index (χ4v) is 1.56. The lowest BCUT2D eigenvalue weighted by atomic mass is 10.4. The monoisotopic (exact) mass is 241 g/mol. The molecule has 98 valence electrons. The molecule has 0 amide bonds. The fourth-order valence-electron chi connectivity index (χ4n) is 1.56. The quantitative estimate of drug-likeness (QED) is 0.703. The summed E-state index contributed by atoms with van der Waals surface area (Å²) in [4.78, 5) is 4.45. The van der Waals surface area contributed by atoms with Crippen LogP contribution in [0.1, 0.15) is 19.0 Å². The number of aromatic nitrogens is 2.